The van der Waals surface area contributed by atoms with Crippen molar-refractivity contribution in [1.82, 2.24) is 10.2 Å². The molecule has 1 saturated heterocycles. The van der Waals surface area contributed by atoms with Crippen LogP contribution < -0.4 is 5.32 Å². The smallest absolute Gasteiger partial charge is 0.0313 e. The van der Waals surface area contributed by atoms with Gasteiger partial charge in [-0.1, -0.05) is 26.7 Å². The van der Waals surface area contributed by atoms with Crippen molar-refractivity contribution in [1.29, 1.82) is 0 Å². The molecule has 0 atom stereocenters. The number of hydrogen-bond donors (Lipinski definition) is 1. The molecule has 1 spiro atoms. The molecular formula is C14H28N2. The predicted molar refractivity (Wildman–Crippen MR) is 69.7 cm³/mol. The molecule has 0 aromatic rings. The molecule has 0 unspecified atom stereocenters. The molecule has 2 aliphatic rings. The van der Waals surface area contributed by atoms with E-state index in [2.05, 4.69) is 37.9 Å². The minimum absolute atomic E-state index is 0.289. The Balaban J connectivity index is 2.06. The van der Waals surface area contributed by atoms with E-state index in [1.165, 1.54) is 45.3 Å². The van der Waals surface area contributed by atoms with E-state index in [-0.39, 0.29) is 5.54 Å². The highest BCUT2D eigenvalue weighted by Crippen LogP contribution is 2.35. The van der Waals surface area contributed by atoms with E-state index < -0.39 is 0 Å². The lowest BCUT2D eigenvalue weighted by Gasteiger charge is -2.50. The summed E-state index contributed by atoms with van der Waals surface area (Å²) in [6, 6.07) is 0. The van der Waals surface area contributed by atoms with Crippen LogP contribution in [0.15, 0.2) is 0 Å². The zero-order chi connectivity index (χ0) is 11.8. The van der Waals surface area contributed by atoms with E-state index in [1.807, 2.05) is 0 Å². The van der Waals surface area contributed by atoms with Crippen molar-refractivity contribution in [2.45, 2.75) is 64.5 Å². The molecule has 2 rings (SSSR count). The Hall–Kier alpha value is -0.0800. The third-order valence-corrected chi connectivity index (χ3v) is 3.93. The second kappa shape index (κ2) is 4.30. The molecule has 1 N–H and O–H groups in total. The average molecular weight is 224 g/mol. The molecule has 2 nitrogen and oxygen atoms in total. The summed E-state index contributed by atoms with van der Waals surface area (Å²) in [5, 5.41) is 3.93. The van der Waals surface area contributed by atoms with Crippen molar-refractivity contribution in [3.63, 3.8) is 0 Å². The second-order valence-corrected chi connectivity index (χ2v) is 7.06. The third kappa shape index (κ3) is 2.78. The van der Waals surface area contributed by atoms with Crippen molar-refractivity contribution >= 4 is 0 Å². The zero-order valence-corrected chi connectivity index (χ0v) is 11.5. The largest absolute Gasteiger partial charge is 0.304 e. The average Bonchev–Trinajstić information content (AvgIpc) is 2.47. The summed E-state index contributed by atoms with van der Waals surface area (Å²) in [5.74, 6) is 0.785. The van der Waals surface area contributed by atoms with E-state index in [9.17, 15) is 0 Å². The Kier molecular flexibility index (Phi) is 3.33. The van der Waals surface area contributed by atoms with Crippen molar-refractivity contribution in [2.24, 2.45) is 5.92 Å². The highest BCUT2D eigenvalue weighted by molar-refractivity contribution is 5.04. The van der Waals surface area contributed by atoms with Crippen LogP contribution in [0, 0.1) is 5.92 Å². The van der Waals surface area contributed by atoms with Gasteiger partial charge >= 0.3 is 0 Å². The molecule has 2 heteroatoms. The van der Waals surface area contributed by atoms with Crippen LogP contribution in [0.1, 0.15) is 53.4 Å². The van der Waals surface area contributed by atoms with Crippen molar-refractivity contribution in [3.8, 4) is 0 Å². The summed E-state index contributed by atoms with van der Waals surface area (Å²) < 4.78 is 0. The lowest BCUT2D eigenvalue weighted by atomic mass is 9.87. The van der Waals surface area contributed by atoms with E-state index in [1.54, 1.807) is 0 Å². The fraction of sp³-hybridized carbons (Fsp3) is 1.00. The second-order valence-electron chi connectivity index (χ2n) is 7.06. The predicted octanol–water partition coefficient (Wildman–Crippen LogP) is 2.64. The molecule has 0 amide bonds. The van der Waals surface area contributed by atoms with Crippen molar-refractivity contribution < 1.29 is 0 Å². The minimum Gasteiger partial charge on any atom is -0.304 e. The van der Waals surface area contributed by atoms with Crippen LogP contribution in [0.2, 0.25) is 0 Å². The molecule has 16 heavy (non-hydrogen) atoms. The first kappa shape index (κ1) is 12.4. The van der Waals surface area contributed by atoms with Gasteiger partial charge in [0, 0.05) is 30.7 Å². The highest BCUT2D eigenvalue weighted by atomic mass is 15.3. The quantitative estimate of drug-likeness (QED) is 0.776. The summed E-state index contributed by atoms with van der Waals surface area (Å²) in [6.45, 7) is 13.1. The highest BCUT2D eigenvalue weighted by Gasteiger charge is 2.43. The van der Waals surface area contributed by atoms with Gasteiger partial charge in [0.1, 0.15) is 0 Å². The third-order valence-electron chi connectivity index (χ3n) is 3.93. The first-order valence-corrected chi connectivity index (χ1v) is 6.93. The lowest BCUT2D eigenvalue weighted by Crippen LogP contribution is -2.68. The summed E-state index contributed by atoms with van der Waals surface area (Å²) in [4.78, 5) is 2.69. The van der Waals surface area contributed by atoms with Gasteiger partial charge in [0.2, 0.25) is 0 Å². The minimum atomic E-state index is 0.289. The maximum absolute atomic E-state index is 3.93. The van der Waals surface area contributed by atoms with Crippen LogP contribution in [0.25, 0.3) is 0 Å². The van der Waals surface area contributed by atoms with Gasteiger partial charge in [0.25, 0.3) is 0 Å². The monoisotopic (exact) mass is 224 g/mol. The van der Waals surface area contributed by atoms with Crippen LogP contribution in [0.3, 0.4) is 0 Å². The van der Waals surface area contributed by atoms with Crippen LogP contribution >= 0.6 is 0 Å². The molecule has 0 bridgehead atoms. The molecule has 1 heterocycles. The number of piperazine rings is 1. The molecular weight excluding hydrogens is 196 g/mol. The van der Waals surface area contributed by atoms with Gasteiger partial charge in [-0.2, -0.15) is 0 Å². The van der Waals surface area contributed by atoms with Crippen LogP contribution in [0.5, 0.6) is 0 Å². The molecule has 1 aliphatic heterocycles. The fourth-order valence-corrected chi connectivity index (χ4v) is 3.82. The number of hydrogen-bond acceptors (Lipinski definition) is 2. The zero-order valence-electron chi connectivity index (χ0n) is 11.5. The molecule has 1 saturated carbocycles. The van der Waals surface area contributed by atoms with Gasteiger partial charge in [-0.3, -0.25) is 4.90 Å². The fourth-order valence-electron chi connectivity index (χ4n) is 3.82. The van der Waals surface area contributed by atoms with Gasteiger partial charge in [-0.15, -0.1) is 0 Å². The summed E-state index contributed by atoms with van der Waals surface area (Å²) in [7, 11) is 0. The SMILES string of the molecule is CC(C)CN1CC(C)(C)NC2(CCCC2)C1. The summed E-state index contributed by atoms with van der Waals surface area (Å²) in [6.07, 6.45) is 5.59. The topological polar surface area (TPSA) is 15.3 Å². The normalized spacial score (nSPS) is 29.1. The lowest BCUT2D eigenvalue weighted by molar-refractivity contribution is 0.0549. The molecule has 94 valence electrons. The van der Waals surface area contributed by atoms with Gasteiger partial charge in [-0.25, -0.2) is 0 Å². The Labute approximate surface area is 101 Å². The van der Waals surface area contributed by atoms with E-state index in [0.29, 0.717) is 5.54 Å². The van der Waals surface area contributed by atoms with E-state index in [0.717, 1.165) is 5.92 Å². The van der Waals surface area contributed by atoms with E-state index >= 15 is 0 Å². The molecule has 0 radical (unpaired) electrons. The number of nitrogens with one attached hydrogen (secondary N) is 1. The van der Waals surface area contributed by atoms with Gasteiger partial charge in [0.15, 0.2) is 0 Å². The summed E-state index contributed by atoms with van der Waals surface area (Å²) >= 11 is 0. The Morgan fingerprint density at radius 1 is 1.12 bits per heavy atom. The Morgan fingerprint density at radius 3 is 2.31 bits per heavy atom. The Morgan fingerprint density at radius 2 is 1.75 bits per heavy atom. The number of nitrogens with zero attached hydrogens (tertiary/aromatic N) is 1. The molecule has 0 aromatic carbocycles. The van der Waals surface area contributed by atoms with Crippen LogP contribution in [0.4, 0.5) is 0 Å². The van der Waals surface area contributed by atoms with Gasteiger partial charge in [-0.05, 0) is 32.6 Å². The van der Waals surface area contributed by atoms with Crippen molar-refractivity contribution in [2.75, 3.05) is 19.6 Å². The maximum Gasteiger partial charge on any atom is 0.0313 e. The van der Waals surface area contributed by atoms with Crippen molar-refractivity contribution in [3.05, 3.63) is 0 Å². The first-order chi connectivity index (χ1) is 7.41. The van der Waals surface area contributed by atoms with Gasteiger partial charge < -0.3 is 5.32 Å². The first-order valence-electron chi connectivity index (χ1n) is 6.93. The van der Waals surface area contributed by atoms with E-state index in [4.69, 9.17) is 0 Å². The van der Waals surface area contributed by atoms with Crippen LogP contribution in [-0.2, 0) is 0 Å². The maximum atomic E-state index is 3.93. The van der Waals surface area contributed by atoms with Gasteiger partial charge in [0.05, 0.1) is 0 Å². The summed E-state index contributed by atoms with van der Waals surface area (Å²) in [5.41, 5.74) is 0.730. The molecule has 2 fully saturated rings. The molecule has 0 aromatic heterocycles. The standard InChI is InChI=1S/C14H28N2/c1-12(2)9-16-10-13(3,4)15-14(11-16)7-5-6-8-14/h12,15H,5-11H2,1-4H3. The molecule has 1 aliphatic carbocycles. The van der Waals surface area contributed by atoms with Crippen LogP contribution in [-0.4, -0.2) is 35.6 Å². The Bertz CT molecular complexity index is 239. The number of rotatable bonds is 2.